The van der Waals surface area contributed by atoms with Crippen molar-refractivity contribution in [3.8, 4) is 0 Å². The number of carbonyl (C=O) groups is 1. The fourth-order valence-corrected chi connectivity index (χ4v) is 2.25. The smallest absolute Gasteiger partial charge is 0.321 e. The fraction of sp³-hybridized carbons (Fsp3) is 0. The Bertz CT molecular complexity index is 520. The Hall–Kier alpha value is -1.05. The van der Waals surface area contributed by atoms with Crippen LogP contribution in [0.3, 0.4) is 0 Å². The standard InChI is InChI=1S/C14H10NO.C5H5.Fe/c16-14-12(9-10-5-1-2-6-10)11-7-3-4-8-13(11)15-14;1-2-4-5-3-1;/h1-9H,(H,15,16);1-5H;/q;;+2/b12-9-;;. The third kappa shape index (κ3) is 4.24. The van der Waals surface area contributed by atoms with Gasteiger partial charge < -0.3 is 5.32 Å². The molecular formula is C19H15FeNO+2. The van der Waals surface area contributed by atoms with Crippen LogP contribution in [-0.2, 0) is 21.9 Å². The summed E-state index contributed by atoms with van der Waals surface area (Å²) in [5.74, 6) is 1.03. The topological polar surface area (TPSA) is 29.1 Å². The molecule has 1 amide bonds. The summed E-state index contributed by atoms with van der Waals surface area (Å²) in [4.78, 5) is 11.8. The first-order valence-corrected chi connectivity index (χ1v) is 6.85. The summed E-state index contributed by atoms with van der Waals surface area (Å²) >= 11 is 0. The van der Waals surface area contributed by atoms with Crippen LogP contribution >= 0.6 is 0 Å². The molecule has 22 heavy (non-hydrogen) atoms. The average Bonchev–Trinajstić information content (AvgIpc) is 3.24. The summed E-state index contributed by atoms with van der Waals surface area (Å²) in [6.07, 6.45) is 19.8. The van der Waals surface area contributed by atoms with Crippen LogP contribution in [-0.4, -0.2) is 5.91 Å². The van der Waals surface area contributed by atoms with Crippen molar-refractivity contribution in [1.29, 1.82) is 0 Å². The predicted molar refractivity (Wildman–Crippen MR) is 85.0 cm³/mol. The van der Waals surface area contributed by atoms with E-state index in [1.54, 1.807) is 0 Å². The van der Waals surface area contributed by atoms with E-state index in [1.807, 2.05) is 88.1 Å². The summed E-state index contributed by atoms with van der Waals surface area (Å²) in [7, 11) is 0. The molecule has 0 unspecified atom stereocenters. The van der Waals surface area contributed by atoms with E-state index in [0.29, 0.717) is 0 Å². The van der Waals surface area contributed by atoms with Crippen LogP contribution < -0.4 is 5.32 Å². The first kappa shape index (κ1) is 17.3. The van der Waals surface area contributed by atoms with Crippen LogP contribution in [0.5, 0.6) is 0 Å². The number of carbonyl (C=O) groups excluding carboxylic acids is 1. The summed E-state index contributed by atoms with van der Waals surface area (Å²) in [6.45, 7) is 0. The van der Waals surface area contributed by atoms with E-state index in [1.165, 1.54) is 0 Å². The van der Waals surface area contributed by atoms with Gasteiger partial charge in [0.25, 0.3) is 5.91 Å². The number of rotatable bonds is 1. The zero-order chi connectivity index (χ0) is 14.5. The summed E-state index contributed by atoms with van der Waals surface area (Å²) in [5.41, 5.74) is 2.61. The number of fused-ring (bicyclic) bond motifs is 1. The molecule has 3 heteroatoms. The van der Waals surface area contributed by atoms with E-state index in [9.17, 15) is 4.79 Å². The van der Waals surface area contributed by atoms with E-state index < -0.39 is 0 Å². The van der Waals surface area contributed by atoms with Crippen molar-refractivity contribution < 1.29 is 21.9 Å². The Morgan fingerprint density at radius 3 is 2.05 bits per heavy atom. The Labute approximate surface area is 144 Å². The summed E-state index contributed by atoms with van der Waals surface area (Å²) in [6, 6.07) is 7.74. The first-order valence-electron chi connectivity index (χ1n) is 6.85. The number of allylic oxidation sites excluding steroid dienone is 1. The minimum absolute atomic E-state index is 0. The first-order chi connectivity index (χ1) is 10.3. The van der Waals surface area contributed by atoms with Crippen LogP contribution in [0.4, 0.5) is 5.69 Å². The van der Waals surface area contributed by atoms with Gasteiger partial charge in [0, 0.05) is 22.7 Å². The molecule has 1 heterocycles. The molecule has 3 aliphatic rings. The maximum Gasteiger partial charge on any atom is 2.00 e. The Balaban J connectivity index is 0.000000253. The van der Waals surface area contributed by atoms with Crippen molar-refractivity contribution in [3.05, 3.63) is 99.6 Å². The van der Waals surface area contributed by atoms with Crippen LogP contribution in [0.25, 0.3) is 5.57 Å². The number of nitrogens with one attached hydrogen (secondary N) is 1. The van der Waals surface area contributed by atoms with E-state index in [-0.39, 0.29) is 23.0 Å². The molecule has 0 atom stereocenters. The minimum atomic E-state index is -0.0256. The normalized spacial score (nSPS) is 21.8. The molecule has 4 rings (SSSR count). The maximum atomic E-state index is 11.8. The van der Waals surface area contributed by atoms with Gasteiger partial charge in [0.05, 0.1) is 0 Å². The van der Waals surface area contributed by atoms with Gasteiger partial charge in [-0.05, 0) is 63.9 Å². The van der Waals surface area contributed by atoms with Crippen molar-refractivity contribution in [3.63, 3.8) is 0 Å². The van der Waals surface area contributed by atoms with Gasteiger partial charge in [-0.15, -0.1) is 0 Å². The Morgan fingerprint density at radius 1 is 0.818 bits per heavy atom. The van der Waals surface area contributed by atoms with Gasteiger partial charge in [-0.3, -0.25) is 4.79 Å². The molecule has 0 aromatic heterocycles. The average molecular weight is 329 g/mol. The number of anilines is 1. The van der Waals surface area contributed by atoms with Crippen LogP contribution in [0.15, 0.2) is 30.3 Å². The molecule has 2 saturated carbocycles. The molecule has 0 saturated heterocycles. The van der Waals surface area contributed by atoms with Crippen molar-refractivity contribution >= 4 is 17.2 Å². The SMILES string of the molecule is O=C1Nc2ccccc2/C1=C/[C]1[CH][CH][CH][CH]1.[CH]1[CH][CH][CH][CH]1.[Fe+2]. The molecule has 2 aliphatic carbocycles. The van der Waals surface area contributed by atoms with Gasteiger partial charge >= 0.3 is 17.1 Å². The third-order valence-electron chi connectivity index (χ3n) is 3.27. The predicted octanol–water partition coefficient (Wildman–Crippen LogP) is 3.45. The van der Waals surface area contributed by atoms with Crippen LogP contribution in [0.2, 0.25) is 0 Å². The number of benzene rings is 1. The molecule has 1 aliphatic heterocycles. The Morgan fingerprint density at radius 2 is 1.41 bits per heavy atom. The molecule has 1 aromatic rings. The quantitative estimate of drug-likeness (QED) is 0.621. The molecule has 0 bridgehead atoms. The van der Waals surface area contributed by atoms with Crippen molar-refractivity contribution in [2.24, 2.45) is 0 Å². The van der Waals surface area contributed by atoms with Gasteiger partial charge in [0.15, 0.2) is 0 Å². The zero-order valence-corrected chi connectivity index (χ0v) is 12.9. The molecule has 2 fully saturated rings. The van der Waals surface area contributed by atoms with Gasteiger partial charge in [-0.25, -0.2) is 0 Å². The molecule has 1 aromatic carbocycles. The van der Waals surface area contributed by atoms with E-state index >= 15 is 0 Å². The second kappa shape index (κ2) is 8.55. The summed E-state index contributed by atoms with van der Waals surface area (Å²) in [5, 5.41) is 2.85. The maximum absolute atomic E-state index is 11.8. The van der Waals surface area contributed by atoms with Gasteiger partial charge in [-0.1, -0.05) is 24.3 Å². The number of amides is 1. The molecule has 2 nitrogen and oxygen atoms in total. The van der Waals surface area contributed by atoms with Crippen molar-refractivity contribution in [1.82, 2.24) is 0 Å². The van der Waals surface area contributed by atoms with Gasteiger partial charge in [0.1, 0.15) is 0 Å². The molecule has 1 N–H and O–H groups in total. The summed E-state index contributed by atoms with van der Waals surface area (Å²) < 4.78 is 0. The zero-order valence-electron chi connectivity index (χ0n) is 11.8. The Kier molecular flexibility index (Phi) is 6.72. The van der Waals surface area contributed by atoms with Gasteiger partial charge in [-0.2, -0.15) is 0 Å². The van der Waals surface area contributed by atoms with E-state index in [2.05, 4.69) is 5.32 Å². The molecule has 0 spiro atoms. The molecule has 10 radical (unpaired) electrons. The minimum Gasteiger partial charge on any atom is -0.321 e. The van der Waals surface area contributed by atoms with Gasteiger partial charge in [0.2, 0.25) is 0 Å². The van der Waals surface area contributed by atoms with E-state index in [0.717, 1.165) is 22.7 Å². The van der Waals surface area contributed by atoms with Crippen molar-refractivity contribution in [2.75, 3.05) is 5.32 Å². The van der Waals surface area contributed by atoms with E-state index in [4.69, 9.17) is 0 Å². The van der Waals surface area contributed by atoms with Crippen LogP contribution in [0, 0.1) is 63.7 Å². The second-order valence-corrected chi connectivity index (χ2v) is 4.74. The number of para-hydroxylation sites is 1. The monoisotopic (exact) mass is 329 g/mol. The number of hydrogen-bond donors (Lipinski definition) is 1. The van der Waals surface area contributed by atoms with Crippen molar-refractivity contribution in [2.45, 2.75) is 0 Å². The molecular weight excluding hydrogens is 314 g/mol. The number of hydrogen-bond acceptors (Lipinski definition) is 1. The fourth-order valence-electron chi connectivity index (χ4n) is 2.25. The third-order valence-corrected chi connectivity index (χ3v) is 3.27. The second-order valence-electron chi connectivity index (χ2n) is 4.74. The van der Waals surface area contributed by atoms with Crippen LogP contribution in [0.1, 0.15) is 5.56 Å². The largest absolute Gasteiger partial charge is 2.00 e. The molecule has 108 valence electrons.